The standard InChI is InChI=1S/C30H41N3O2/c1-30(15-3-16-30)22-32-18-13-23(14-19-32)20-31-27-11-9-25(10-12-27)24-5-7-26(8-6-24)29(35)33-17-2-4-28(34)21-33/h5-12,23,28,31,34H,2-4,13-22H2,1H3/t28-/m1/s1. The highest BCUT2D eigenvalue weighted by Gasteiger charge is 2.34. The molecule has 2 aliphatic heterocycles. The second-order valence-corrected chi connectivity index (χ2v) is 11.5. The number of benzene rings is 2. The van der Waals surface area contributed by atoms with E-state index in [0.717, 1.165) is 43.0 Å². The van der Waals surface area contributed by atoms with Crippen molar-refractivity contribution in [1.82, 2.24) is 9.80 Å². The molecule has 2 saturated heterocycles. The van der Waals surface area contributed by atoms with Gasteiger partial charge in [0.25, 0.3) is 5.91 Å². The number of rotatable bonds is 7. The van der Waals surface area contributed by atoms with Crippen LogP contribution >= 0.6 is 0 Å². The van der Waals surface area contributed by atoms with E-state index in [0.29, 0.717) is 17.5 Å². The predicted octanol–water partition coefficient (Wildman–Crippen LogP) is 5.26. The maximum Gasteiger partial charge on any atom is 0.253 e. The first kappa shape index (κ1) is 24.3. The van der Waals surface area contributed by atoms with Crippen LogP contribution in [0.25, 0.3) is 11.1 Å². The molecule has 5 heteroatoms. The summed E-state index contributed by atoms with van der Waals surface area (Å²) in [7, 11) is 0. The number of piperidine rings is 2. The molecule has 0 spiro atoms. The number of hydrogen-bond donors (Lipinski definition) is 2. The maximum absolute atomic E-state index is 12.7. The SMILES string of the molecule is CC1(CN2CCC(CNc3ccc(-c4ccc(C(=O)N5CCC[C@@H](O)C5)cc4)cc3)CC2)CCC1. The first-order valence-electron chi connectivity index (χ1n) is 13.6. The van der Waals surface area contributed by atoms with Crippen molar-refractivity contribution in [2.24, 2.45) is 11.3 Å². The van der Waals surface area contributed by atoms with Gasteiger partial charge in [0.05, 0.1) is 6.10 Å². The summed E-state index contributed by atoms with van der Waals surface area (Å²) in [6.07, 6.45) is 8.09. The van der Waals surface area contributed by atoms with Gasteiger partial charge in [-0.2, -0.15) is 0 Å². The van der Waals surface area contributed by atoms with Crippen molar-refractivity contribution in [1.29, 1.82) is 0 Å². The van der Waals surface area contributed by atoms with Gasteiger partial charge in [-0.25, -0.2) is 0 Å². The zero-order chi connectivity index (χ0) is 24.3. The van der Waals surface area contributed by atoms with Crippen molar-refractivity contribution < 1.29 is 9.90 Å². The summed E-state index contributed by atoms with van der Waals surface area (Å²) < 4.78 is 0. The summed E-state index contributed by atoms with van der Waals surface area (Å²) in [5, 5.41) is 13.5. The van der Waals surface area contributed by atoms with E-state index in [9.17, 15) is 9.90 Å². The van der Waals surface area contributed by atoms with Crippen LogP contribution in [-0.2, 0) is 0 Å². The van der Waals surface area contributed by atoms with Crippen LogP contribution in [0.15, 0.2) is 48.5 Å². The molecule has 2 aromatic carbocycles. The number of hydrogen-bond acceptors (Lipinski definition) is 4. The van der Waals surface area contributed by atoms with E-state index in [4.69, 9.17) is 0 Å². The molecule has 3 fully saturated rings. The molecule has 1 amide bonds. The predicted molar refractivity (Wildman–Crippen MR) is 143 cm³/mol. The summed E-state index contributed by atoms with van der Waals surface area (Å²) in [6.45, 7) is 8.47. The summed E-state index contributed by atoms with van der Waals surface area (Å²) in [6, 6.07) is 16.5. The highest BCUT2D eigenvalue weighted by molar-refractivity contribution is 5.94. The molecule has 0 bridgehead atoms. The number of aliphatic hydroxyl groups excluding tert-OH is 1. The fourth-order valence-corrected chi connectivity index (χ4v) is 6.00. The lowest BCUT2D eigenvalue weighted by Gasteiger charge is -2.44. The Kier molecular flexibility index (Phi) is 7.45. The van der Waals surface area contributed by atoms with Crippen LogP contribution in [0.5, 0.6) is 0 Å². The molecular formula is C30H41N3O2. The Morgan fingerprint density at radius 3 is 2.20 bits per heavy atom. The molecule has 5 rings (SSSR count). The Morgan fingerprint density at radius 2 is 1.60 bits per heavy atom. The molecule has 5 nitrogen and oxygen atoms in total. The van der Waals surface area contributed by atoms with Gasteiger partial charge < -0.3 is 20.2 Å². The van der Waals surface area contributed by atoms with Crippen LogP contribution in [0.4, 0.5) is 5.69 Å². The van der Waals surface area contributed by atoms with E-state index >= 15 is 0 Å². The lowest BCUT2D eigenvalue weighted by Crippen LogP contribution is -2.44. The van der Waals surface area contributed by atoms with Gasteiger partial charge in [0.2, 0.25) is 0 Å². The van der Waals surface area contributed by atoms with Gasteiger partial charge in [-0.05, 0) is 98.3 Å². The van der Waals surface area contributed by atoms with E-state index in [1.165, 1.54) is 57.4 Å². The molecule has 35 heavy (non-hydrogen) atoms. The molecule has 0 radical (unpaired) electrons. The first-order chi connectivity index (χ1) is 17.0. The summed E-state index contributed by atoms with van der Waals surface area (Å²) in [4.78, 5) is 17.2. The molecule has 0 unspecified atom stereocenters. The van der Waals surface area contributed by atoms with E-state index in [1.54, 1.807) is 4.90 Å². The Balaban J connectivity index is 1.09. The number of nitrogens with zero attached hydrogens (tertiary/aromatic N) is 2. The van der Waals surface area contributed by atoms with Crippen molar-refractivity contribution in [2.75, 3.05) is 44.6 Å². The van der Waals surface area contributed by atoms with Crippen LogP contribution in [0.3, 0.4) is 0 Å². The number of carbonyl (C=O) groups is 1. The number of β-amino-alcohol motifs (C(OH)–C–C–N with tert-alkyl or cyclic N) is 1. The Labute approximate surface area is 210 Å². The quantitative estimate of drug-likeness (QED) is 0.573. The third-order valence-corrected chi connectivity index (χ3v) is 8.50. The van der Waals surface area contributed by atoms with Crippen LogP contribution in [-0.4, -0.2) is 66.2 Å². The second-order valence-electron chi connectivity index (χ2n) is 11.5. The van der Waals surface area contributed by atoms with Crippen molar-refractivity contribution in [3.63, 3.8) is 0 Å². The monoisotopic (exact) mass is 475 g/mol. The lowest BCUT2D eigenvalue weighted by molar-refractivity contribution is 0.0474. The van der Waals surface area contributed by atoms with E-state index in [2.05, 4.69) is 41.4 Å². The number of carbonyl (C=O) groups excluding carboxylic acids is 1. The molecular weight excluding hydrogens is 434 g/mol. The Hall–Kier alpha value is -2.37. The fourth-order valence-electron chi connectivity index (χ4n) is 6.00. The molecule has 1 saturated carbocycles. The average Bonchev–Trinajstić information content (AvgIpc) is 2.87. The van der Waals surface area contributed by atoms with Crippen molar-refractivity contribution in [3.8, 4) is 11.1 Å². The van der Waals surface area contributed by atoms with Crippen LogP contribution < -0.4 is 5.32 Å². The topological polar surface area (TPSA) is 55.8 Å². The van der Waals surface area contributed by atoms with Gasteiger partial charge >= 0.3 is 0 Å². The smallest absolute Gasteiger partial charge is 0.253 e. The second kappa shape index (κ2) is 10.7. The molecule has 1 atom stereocenters. The molecule has 2 heterocycles. The van der Waals surface area contributed by atoms with Gasteiger partial charge in [-0.15, -0.1) is 0 Å². The maximum atomic E-state index is 12.7. The highest BCUT2D eigenvalue weighted by atomic mass is 16.3. The fraction of sp³-hybridized carbons (Fsp3) is 0.567. The van der Waals surface area contributed by atoms with Gasteiger partial charge in [-0.1, -0.05) is 37.6 Å². The average molecular weight is 476 g/mol. The number of aliphatic hydroxyl groups is 1. The third kappa shape index (κ3) is 6.07. The molecule has 188 valence electrons. The molecule has 2 N–H and O–H groups in total. The Morgan fingerprint density at radius 1 is 0.943 bits per heavy atom. The van der Waals surface area contributed by atoms with E-state index < -0.39 is 6.10 Å². The molecule has 0 aromatic heterocycles. The summed E-state index contributed by atoms with van der Waals surface area (Å²) >= 11 is 0. The minimum atomic E-state index is -0.396. The lowest BCUT2D eigenvalue weighted by atomic mass is 9.70. The summed E-state index contributed by atoms with van der Waals surface area (Å²) in [5.74, 6) is 0.768. The van der Waals surface area contributed by atoms with E-state index in [-0.39, 0.29) is 5.91 Å². The van der Waals surface area contributed by atoms with Crippen LogP contribution in [0, 0.1) is 11.3 Å². The first-order valence-corrected chi connectivity index (χ1v) is 13.6. The zero-order valence-electron chi connectivity index (χ0n) is 21.2. The van der Waals surface area contributed by atoms with Crippen LogP contribution in [0.1, 0.15) is 62.2 Å². The van der Waals surface area contributed by atoms with Gasteiger partial charge in [-0.3, -0.25) is 4.79 Å². The number of amides is 1. The number of nitrogens with one attached hydrogen (secondary N) is 1. The number of anilines is 1. The molecule has 2 aromatic rings. The van der Waals surface area contributed by atoms with Crippen molar-refractivity contribution in [2.45, 2.75) is 58.0 Å². The zero-order valence-corrected chi connectivity index (χ0v) is 21.2. The van der Waals surface area contributed by atoms with Crippen LogP contribution in [0.2, 0.25) is 0 Å². The number of likely N-dealkylation sites (tertiary alicyclic amines) is 2. The van der Waals surface area contributed by atoms with Crippen molar-refractivity contribution in [3.05, 3.63) is 54.1 Å². The molecule has 3 aliphatic rings. The van der Waals surface area contributed by atoms with E-state index in [1.807, 2.05) is 24.3 Å². The third-order valence-electron chi connectivity index (χ3n) is 8.50. The Bertz CT molecular complexity index is 976. The van der Waals surface area contributed by atoms with Gasteiger partial charge in [0.15, 0.2) is 0 Å². The van der Waals surface area contributed by atoms with Gasteiger partial charge in [0.1, 0.15) is 0 Å². The van der Waals surface area contributed by atoms with Crippen molar-refractivity contribution >= 4 is 11.6 Å². The minimum Gasteiger partial charge on any atom is -0.391 e. The summed E-state index contributed by atoms with van der Waals surface area (Å²) in [5.41, 5.74) is 4.72. The normalized spacial score (nSPS) is 23.0. The van der Waals surface area contributed by atoms with Gasteiger partial charge in [0, 0.05) is 37.4 Å². The molecule has 1 aliphatic carbocycles. The highest BCUT2D eigenvalue weighted by Crippen LogP contribution is 2.41. The minimum absolute atomic E-state index is 0.0120. The largest absolute Gasteiger partial charge is 0.391 e.